The molecular weight excluding hydrogens is 313 g/mol. The summed E-state index contributed by atoms with van der Waals surface area (Å²) in [7, 11) is 0. The average molecular weight is 325 g/mol. The van der Waals surface area contributed by atoms with Crippen LogP contribution in [0.15, 0.2) is 57.7 Å². The number of carbonyl (C=O) groups is 2. The Morgan fingerprint density at radius 1 is 1.04 bits per heavy atom. The lowest BCUT2D eigenvalue weighted by Gasteiger charge is -2.05. The topological polar surface area (TPSA) is 76.4 Å². The first-order valence-electron chi connectivity index (χ1n) is 7.10. The Hall–Kier alpha value is -3.28. The molecule has 0 unspecified atom stereocenters. The molecule has 1 heterocycles. The molecule has 0 bridgehead atoms. The van der Waals surface area contributed by atoms with Gasteiger partial charge in [-0.1, -0.05) is 0 Å². The smallest absolute Gasteiger partial charge is 0.347 e. The minimum Gasteiger partial charge on any atom is -0.422 e. The van der Waals surface area contributed by atoms with Crippen molar-refractivity contribution in [3.05, 3.63) is 75.9 Å². The fourth-order valence-corrected chi connectivity index (χ4v) is 2.32. The lowest BCUT2D eigenvalue weighted by atomic mass is 10.0. The van der Waals surface area contributed by atoms with Crippen molar-refractivity contribution in [1.82, 2.24) is 0 Å². The maximum absolute atomic E-state index is 13.3. The van der Waals surface area contributed by atoms with E-state index in [1.54, 1.807) is 12.1 Å². The van der Waals surface area contributed by atoms with Gasteiger partial charge in [0, 0.05) is 23.6 Å². The predicted molar refractivity (Wildman–Crippen MR) is 86.6 cm³/mol. The van der Waals surface area contributed by atoms with E-state index in [0.717, 1.165) is 0 Å². The standard InChI is InChI=1S/C18H12FNO4/c1-10(21)20-14-5-2-11(3-6-14)17(22)15-9-12-8-13(19)4-7-16(12)24-18(15)23/h2-9H,1H3,(H,20,21). The van der Waals surface area contributed by atoms with Crippen molar-refractivity contribution >= 4 is 28.3 Å². The molecule has 5 nitrogen and oxygen atoms in total. The summed E-state index contributed by atoms with van der Waals surface area (Å²) in [5.41, 5.74) is 0.0307. The van der Waals surface area contributed by atoms with Gasteiger partial charge in [-0.15, -0.1) is 0 Å². The quantitative estimate of drug-likeness (QED) is 0.593. The maximum Gasteiger partial charge on any atom is 0.347 e. The molecule has 120 valence electrons. The molecule has 0 atom stereocenters. The maximum atomic E-state index is 13.3. The van der Waals surface area contributed by atoms with Crippen LogP contribution in [0.25, 0.3) is 11.0 Å². The normalized spacial score (nSPS) is 10.6. The van der Waals surface area contributed by atoms with E-state index in [2.05, 4.69) is 5.32 Å². The lowest BCUT2D eigenvalue weighted by Crippen LogP contribution is -2.15. The summed E-state index contributed by atoms with van der Waals surface area (Å²) in [6, 6.07) is 11.1. The van der Waals surface area contributed by atoms with Crippen LogP contribution in [0.3, 0.4) is 0 Å². The Bertz CT molecular complexity index is 1010. The van der Waals surface area contributed by atoms with Gasteiger partial charge in [0.1, 0.15) is 17.0 Å². The van der Waals surface area contributed by atoms with Crippen molar-refractivity contribution in [2.75, 3.05) is 5.32 Å². The largest absolute Gasteiger partial charge is 0.422 e. The van der Waals surface area contributed by atoms with Gasteiger partial charge in [-0.2, -0.15) is 0 Å². The van der Waals surface area contributed by atoms with Crippen LogP contribution in [-0.4, -0.2) is 11.7 Å². The van der Waals surface area contributed by atoms with Crippen molar-refractivity contribution in [2.45, 2.75) is 6.92 Å². The fourth-order valence-electron chi connectivity index (χ4n) is 2.32. The molecule has 1 N–H and O–H groups in total. The molecule has 0 aliphatic carbocycles. The molecule has 1 amide bonds. The number of rotatable bonds is 3. The number of carbonyl (C=O) groups excluding carboxylic acids is 2. The molecule has 0 saturated carbocycles. The number of fused-ring (bicyclic) bond motifs is 1. The summed E-state index contributed by atoms with van der Waals surface area (Å²) in [6.45, 7) is 1.37. The van der Waals surface area contributed by atoms with Crippen LogP contribution in [-0.2, 0) is 4.79 Å². The van der Waals surface area contributed by atoms with E-state index < -0.39 is 17.2 Å². The van der Waals surface area contributed by atoms with E-state index in [-0.39, 0.29) is 22.6 Å². The molecule has 0 saturated heterocycles. The zero-order valence-electron chi connectivity index (χ0n) is 12.6. The van der Waals surface area contributed by atoms with Crippen molar-refractivity contribution in [3.8, 4) is 0 Å². The van der Waals surface area contributed by atoms with Gasteiger partial charge in [0.15, 0.2) is 5.78 Å². The highest BCUT2D eigenvalue weighted by Crippen LogP contribution is 2.18. The Morgan fingerprint density at radius 2 is 1.75 bits per heavy atom. The molecule has 2 aromatic carbocycles. The molecule has 0 fully saturated rings. The monoisotopic (exact) mass is 325 g/mol. The van der Waals surface area contributed by atoms with E-state index in [4.69, 9.17) is 4.42 Å². The molecule has 3 rings (SSSR count). The first-order chi connectivity index (χ1) is 11.4. The highest BCUT2D eigenvalue weighted by atomic mass is 19.1. The van der Waals surface area contributed by atoms with Crippen LogP contribution in [0, 0.1) is 5.82 Å². The third-order valence-corrected chi connectivity index (χ3v) is 3.41. The number of ketones is 1. The van der Waals surface area contributed by atoms with Gasteiger partial charge in [-0.3, -0.25) is 9.59 Å². The van der Waals surface area contributed by atoms with Crippen molar-refractivity contribution in [1.29, 1.82) is 0 Å². The second-order valence-electron chi connectivity index (χ2n) is 5.22. The van der Waals surface area contributed by atoms with Crippen LogP contribution >= 0.6 is 0 Å². The number of hydrogen-bond acceptors (Lipinski definition) is 4. The van der Waals surface area contributed by atoms with E-state index in [9.17, 15) is 18.8 Å². The zero-order chi connectivity index (χ0) is 17.3. The summed E-state index contributed by atoms with van der Waals surface area (Å²) in [4.78, 5) is 35.5. The van der Waals surface area contributed by atoms with Gasteiger partial charge in [0.25, 0.3) is 0 Å². The molecule has 0 spiro atoms. The third-order valence-electron chi connectivity index (χ3n) is 3.41. The third kappa shape index (κ3) is 3.08. The minimum absolute atomic E-state index is 0.180. The van der Waals surface area contributed by atoms with Crippen LogP contribution in [0.2, 0.25) is 0 Å². The minimum atomic E-state index is -0.787. The Kier molecular flexibility index (Phi) is 3.95. The lowest BCUT2D eigenvalue weighted by molar-refractivity contribution is -0.114. The van der Waals surface area contributed by atoms with Gasteiger partial charge in [0.2, 0.25) is 5.91 Å². The van der Waals surface area contributed by atoms with Gasteiger partial charge in [0.05, 0.1) is 0 Å². The van der Waals surface area contributed by atoms with Crippen LogP contribution in [0.5, 0.6) is 0 Å². The van der Waals surface area contributed by atoms with Gasteiger partial charge < -0.3 is 9.73 Å². The molecule has 1 aromatic heterocycles. The Morgan fingerprint density at radius 3 is 2.42 bits per heavy atom. The zero-order valence-corrected chi connectivity index (χ0v) is 12.6. The van der Waals surface area contributed by atoms with Crippen molar-refractivity contribution in [2.24, 2.45) is 0 Å². The molecule has 0 radical (unpaired) electrons. The Labute approximate surface area is 135 Å². The SMILES string of the molecule is CC(=O)Nc1ccc(C(=O)c2cc3cc(F)ccc3oc2=O)cc1. The van der Waals surface area contributed by atoms with Gasteiger partial charge in [-0.25, -0.2) is 9.18 Å². The number of anilines is 1. The van der Waals surface area contributed by atoms with Gasteiger partial charge >= 0.3 is 5.63 Å². The van der Waals surface area contributed by atoms with E-state index in [1.807, 2.05) is 0 Å². The summed E-state index contributed by atoms with van der Waals surface area (Å²) < 4.78 is 18.4. The summed E-state index contributed by atoms with van der Waals surface area (Å²) in [5, 5.41) is 2.91. The molecule has 0 aliphatic rings. The second-order valence-corrected chi connectivity index (χ2v) is 5.22. The number of nitrogens with one attached hydrogen (secondary N) is 1. The first-order valence-corrected chi connectivity index (χ1v) is 7.10. The fraction of sp³-hybridized carbons (Fsp3) is 0.0556. The van der Waals surface area contributed by atoms with Crippen LogP contribution in [0.4, 0.5) is 10.1 Å². The summed E-state index contributed by atoms with van der Waals surface area (Å²) in [5.74, 6) is -1.26. The Balaban J connectivity index is 2.00. The molecular formula is C18H12FNO4. The van der Waals surface area contributed by atoms with Crippen molar-refractivity contribution < 1.29 is 18.4 Å². The predicted octanol–water partition coefficient (Wildman–Crippen LogP) is 3.12. The number of benzene rings is 2. The van der Waals surface area contributed by atoms with E-state index in [1.165, 1.54) is 43.3 Å². The van der Waals surface area contributed by atoms with E-state index >= 15 is 0 Å². The highest BCUT2D eigenvalue weighted by molar-refractivity contribution is 6.10. The second kappa shape index (κ2) is 6.08. The van der Waals surface area contributed by atoms with E-state index in [0.29, 0.717) is 11.1 Å². The average Bonchev–Trinajstić information content (AvgIpc) is 2.54. The van der Waals surface area contributed by atoms with Crippen LogP contribution < -0.4 is 10.9 Å². The molecule has 6 heteroatoms. The highest BCUT2D eigenvalue weighted by Gasteiger charge is 2.16. The summed E-state index contributed by atoms with van der Waals surface area (Å²) >= 11 is 0. The van der Waals surface area contributed by atoms with Crippen LogP contribution in [0.1, 0.15) is 22.8 Å². The molecule has 3 aromatic rings. The number of hydrogen-bond donors (Lipinski definition) is 1. The number of halogens is 1. The first kappa shape index (κ1) is 15.6. The molecule has 0 aliphatic heterocycles. The van der Waals surface area contributed by atoms with Gasteiger partial charge in [-0.05, 0) is 48.5 Å². The molecule has 24 heavy (non-hydrogen) atoms. The number of amides is 1. The van der Waals surface area contributed by atoms with Crippen molar-refractivity contribution in [3.63, 3.8) is 0 Å². The summed E-state index contributed by atoms with van der Waals surface area (Å²) in [6.07, 6.45) is 0.